The molecule has 7 heteroatoms. The van der Waals surface area contributed by atoms with E-state index in [-0.39, 0.29) is 11.9 Å². The maximum absolute atomic E-state index is 11.5. The second-order valence-electron chi connectivity index (χ2n) is 6.90. The zero-order valence-electron chi connectivity index (χ0n) is 14.5. The van der Waals surface area contributed by atoms with Crippen LogP contribution in [-0.2, 0) is 4.79 Å². The Morgan fingerprint density at radius 1 is 1.26 bits per heavy atom. The minimum Gasteiger partial charge on any atom is -0.340 e. The van der Waals surface area contributed by atoms with E-state index >= 15 is 0 Å². The van der Waals surface area contributed by atoms with Crippen molar-refractivity contribution in [1.82, 2.24) is 24.8 Å². The Morgan fingerprint density at radius 2 is 1.96 bits per heavy atom. The van der Waals surface area contributed by atoms with E-state index in [1.54, 1.807) is 6.92 Å². The first-order valence-electron chi connectivity index (χ1n) is 8.49. The topological polar surface area (TPSA) is 65.7 Å². The maximum Gasteiger partial charge on any atom is 0.243 e. The number of rotatable bonds is 3. The van der Waals surface area contributed by atoms with Crippen molar-refractivity contribution >= 4 is 5.91 Å². The van der Waals surface area contributed by atoms with Gasteiger partial charge in [-0.05, 0) is 19.8 Å². The van der Waals surface area contributed by atoms with Gasteiger partial charge in [0, 0.05) is 52.2 Å². The van der Waals surface area contributed by atoms with Crippen molar-refractivity contribution in [2.24, 2.45) is 5.92 Å². The molecule has 1 amide bonds. The molecule has 3 rings (SSSR count). The quantitative estimate of drug-likeness (QED) is 0.825. The van der Waals surface area contributed by atoms with Gasteiger partial charge in [-0.25, -0.2) is 0 Å². The fraction of sp³-hybridized carbons (Fsp3) is 0.812. The van der Waals surface area contributed by atoms with Crippen LogP contribution < -0.4 is 0 Å². The van der Waals surface area contributed by atoms with Gasteiger partial charge >= 0.3 is 0 Å². The highest BCUT2D eigenvalue weighted by Gasteiger charge is 2.38. The summed E-state index contributed by atoms with van der Waals surface area (Å²) in [4.78, 5) is 22.7. The van der Waals surface area contributed by atoms with Crippen LogP contribution in [0.2, 0.25) is 0 Å². The van der Waals surface area contributed by atoms with Crippen molar-refractivity contribution in [2.45, 2.75) is 39.8 Å². The maximum atomic E-state index is 11.5. The van der Waals surface area contributed by atoms with Gasteiger partial charge in [0.1, 0.15) is 0 Å². The van der Waals surface area contributed by atoms with Crippen molar-refractivity contribution < 1.29 is 9.32 Å². The second kappa shape index (κ2) is 6.57. The molecule has 2 saturated heterocycles. The molecule has 2 aliphatic rings. The SMILES string of the molecule is CC(=O)N1CCN([C@@H]2CN([C@@H](C)c3nc(C)no3)C[C@H]2C)CC1. The van der Waals surface area contributed by atoms with Crippen LogP contribution in [0.25, 0.3) is 0 Å². The molecular formula is C16H27N5O2. The number of likely N-dealkylation sites (tertiary alicyclic amines) is 1. The van der Waals surface area contributed by atoms with E-state index in [1.807, 2.05) is 11.8 Å². The van der Waals surface area contributed by atoms with E-state index in [0.29, 0.717) is 23.7 Å². The van der Waals surface area contributed by atoms with Crippen LogP contribution in [0.1, 0.15) is 38.5 Å². The number of amides is 1. The Bertz CT molecular complexity index is 552. The Balaban J connectivity index is 1.59. The van der Waals surface area contributed by atoms with Gasteiger partial charge in [0.05, 0.1) is 6.04 Å². The fourth-order valence-electron chi connectivity index (χ4n) is 3.79. The molecule has 23 heavy (non-hydrogen) atoms. The van der Waals surface area contributed by atoms with Gasteiger partial charge in [0.15, 0.2) is 5.82 Å². The Labute approximate surface area is 137 Å². The monoisotopic (exact) mass is 321 g/mol. The third-order valence-corrected chi connectivity index (χ3v) is 5.28. The fourth-order valence-corrected chi connectivity index (χ4v) is 3.79. The summed E-state index contributed by atoms with van der Waals surface area (Å²) in [5, 5.41) is 3.90. The van der Waals surface area contributed by atoms with Gasteiger partial charge in [-0.3, -0.25) is 14.6 Å². The van der Waals surface area contributed by atoms with Gasteiger partial charge in [0.2, 0.25) is 11.8 Å². The second-order valence-corrected chi connectivity index (χ2v) is 6.90. The number of nitrogens with zero attached hydrogens (tertiary/aromatic N) is 5. The van der Waals surface area contributed by atoms with E-state index in [9.17, 15) is 4.79 Å². The number of carbonyl (C=O) groups excluding carboxylic acids is 1. The molecule has 3 atom stereocenters. The van der Waals surface area contributed by atoms with Crippen LogP contribution in [0.4, 0.5) is 0 Å². The standard InChI is InChI=1S/C16H27N5O2/c1-11-9-21(12(2)16-17-13(3)18-23-16)10-15(11)20-7-5-19(6-8-20)14(4)22/h11-12,15H,5-10H2,1-4H3/t11-,12+,15-/m1/s1. The molecule has 3 heterocycles. The summed E-state index contributed by atoms with van der Waals surface area (Å²) in [5.74, 6) is 2.18. The lowest BCUT2D eigenvalue weighted by Gasteiger charge is -2.39. The molecule has 0 unspecified atom stereocenters. The van der Waals surface area contributed by atoms with Crippen LogP contribution in [0.15, 0.2) is 4.52 Å². The van der Waals surface area contributed by atoms with Gasteiger partial charge in [-0.15, -0.1) is 0 Å². The van der Waals surface area contributed by atoms with E-state index in [0.717, 1.165) is 39.3 Å². The molecule has 0 N–H and O–H groups in total. The minimum absolute atomic E-state index is 0.155. The lowest BCUT2D eigenvalue weighted by Crippen LogP contribution is -2.53. The number of piperazine rings is 1. The smallest absolute Gasteiger partial charge is 0.243 e. The molecule has 0 aliphatic carbocycles. The van der Waals surface area contributed by atoms with Crippen LogP contribution in [-0.4, -0.2) is 76.1 Å². The summed E-state index contributed by atoms with van der Waals surface area (Å²) in [6, 6.07) is 0.692. The highest BCUT2D eigenvalue weighted by Crippen LogP contribution is 2.29. The molecule has 0 spiro atoms. The van der Waals surface area contributed by atoms with Gasteiger partial charge in [0.25, 0.3) is 0 Å². The van der Waals surface area contributed by atoms with Crippen molar-refractivity contribution in [2.75, 3.05) is 39.3 Å². The van der Waals surface area contributed by atoms with Crippen LogP contribution >= 0.6 is 0 Å². The van der Waals surface area contributed by atoms with Crippen LogP contribution in [0.3, 0.4) is 0 Å². The van der Waals surface area contributed by atoms with Gasteiger partial charge < -0.3 is 9.42 Å². The Morgan fingerprint density at radius 3 is 2.52 bits per heavy atom. The summed E-state index contributed by atoms with van der Waals surface area (Å²) in [5.41, 5.74) is 0. The minimum atomic E-state index is 0.155. The Hall–Kier alpha value is -1.47. The highest BCUT2D eigenvalue weighted by molar-refractivity contribution is 5.73. The first-order chi connectivity index (χ1) is 11.0. The molecule has 2 fully saturated rings. The van der Waals surface area contributed by atoms with E-state index in [1.165, 1.54) is 0 Å². The highest BCUT2D eigenvalue weighted by atomic mass is 16.5. The zero-order valence-corrected chi connectivity index (χ0v) is 14.5. The van der Waals surface area contributed by atoms with E-state index < -0.39 is 0 Å². The van der Waals surface area contributed by atoms with Crippen molar-refractivity contribution in [3.8, 4) is 0 Å². The molecular weight excluding hydrogens is 294 g/mol. The summed E-state index contributed by atoms with van der Waals surface area (Å²) >= 11 is 0. The number of carbonyl (C=O) groups is 1. The molecule has 1 aromatic heterocycles. The van der Waals surface area contributed by atoms with Crippen molar-refractivity contribution in [1.29, 1.82) is 0 Å². The van der Waals surface area contributed by atoms with Gasteiger partial charge in [-0.1, -0.05) is 12.1 Å². The molecule has 0 saturated carbocycles. The van der Waals surface area contributed by atoms with Crippen LogP contribution in [0.5, 0.6) is 0 Å². The lowest BCUT2D eigenvalue weighted by atomic mass is 10.0. The summed E-state index contributed by atoms with van der Waals surface area (Å²) in [6.45, 7) is 13.6. The third kappa shape index (κ3) is 3.40. The van der Waals surface area contributed by atoms with Gasteiger partial charge in [-0.2, -0.15) is 4.98 Å². The van der Waals surface area contributed by atoms with Crippen molar-refractivity contribution in [3.05, 3.63) is 11.7 Å². The molecule has 0 radical (unpaired) electrons. The predicted molar refractivity (Wildman–Crippen MR) is 85.8 cm³/mol. The number of aryl methyl sites for hydroxylation is 1. The molecule has 1 aromatic rings. The first-order valence-corrected chi connectivity index (χ1v) is 8.49. The summed E-state index contributed by atoms with van der Waals surface area (Å²) < 4.78 is 5.33. The zero-order chi connectivity index (χ0) is 16.6. The summed E-state index contributed by atoms with van der Waals surface area (Å²) in [7, 11) is 0. The molecule has 0 aromatic carbocycles. The molecule has 2 aliphatic heterocycles. The molecule has 7 nitrogen and oxygen atoms in total. The number of hydrogen-bond donors (Lipinski definition) is 0. The number of hydrogen-bond acceptors (Lipinski definition) is 6. The Kier molecular flexibility index (Phi) is 4.68. The average molecular weight is 321 g/mol. The molecule has 128 valence electrons. The number of aromatic nitrogens is 2. The molecule has 0 bridgehead atoms. The lowest BCUT2D eigenvalue weighted by molar-refractivity contribution is -0.130. The first kappa shape index (κ1) is 16.4. The van der Waals surface area contributed by atoms with E-state index in [4.69, 9.17) is 4.52 Å². The van der Waals surface area contributed by atoms with E-state index in [2.05, 4.69) is 33.8 Å². The largest absolute Gasteiger partial charge is 0.340 e. The predicted octanol–water partition coefficient (Wildman–Crippen LogP) is 0.923. The van der Waals surface area contributed by atoms with Crippen molar-refractivity contribution in [3.63, 3.8) is 0 Å². The van der Waals surface area contributed by atoms with Crippen LogP contribution in [0, 0.1) is 12.8 Å². The third-order valence-electron chi connectivity index (χ3n) is 5.28. The summed E-state index contributed by atoms with van der Waals surface area (Å²) in [6.07, 6.45) is 0. The normalized spacial score (nSPS) is 28.3. The average Bonchev–Trinajstić information content (AvgIpc) is 3.13.